The fourth-order valence-corrected chi connectivity index (χ4v) is 2.17. The van der Waals surface area contributed by atoms with Crippen LogP contribution in [0, 0.1) is 10.1 Å². The quantitative estimate of drug-likeness (QED) is 0.356. The predicted molar refractivity (Wildman–Crippen MR) is 76.8 cm³/mol. The number of carbonyl (C=O) groups is 3. The number of barbiturate groups is 1. The van der Waals surface area contributed by atoms with Crippen LogP contribution in [0.3, 0.4) is 0 Å². The van der Waals surface area contributed by atoms with E-state index >= 15 is 0 Å². The molecule has 0 aliphatic carbocycles. The van der Waals surface area contributed by atoms with E-state index < -0.39 is 22.8 Å². The van der Waals surface area contributed by atoms with Gasteiger partial charge in [0.05, 0.1) is 9.96 Å². The molecule has 1 fully saturated rings. The first kappa shape index (κ1) is 15.6. The van der Waals surface area contributed by atoms with Crippen LogP contribution in [0.2, 0.25) is 0 Å². The minimum absolute atomic E-state index is 0.149. The molecule has 22 heavy (non-hydrogen) atoms. The summed E-state index contributed by atoms with van der Waals surface area (Å²) in [6.45, 7) is 0. The van der Waals surface area contributed by atoms with E-state index in [-0.39, 0.29) is 21.9 Å². The maximum atomic E-state index is 12.1. The van der Waals surface area contributed by atoms with Crippen LogP contribution in [0.25, 0.3) is 5.03 Å². The first-order chi connectivity index (χ1) is 10.3. The molecule has 1 aromatic carbocycles. The van der Waals surface area contributed by atoms with Gasteiger partial charge in [-0.2, -0.15) is 0 Å². The van der Waals surface area contributed by atoms with Gasteiger partial charge in [-0.25, -0.2) is 4.79 Å². The summed E-state index contributed by atoms with van der Waals surface area (Å²) >= 11 is 6.09. The highest BCUT2D eigenvalue weighted by atomic mass is 35.5. The SMILES string of the molecule is CN1C(=O)C(=C(Cl)c2ccc([N+](=O)[O-])cc2)C(=O)N(C)C1=O. The third-order valence-electron chi connectivity index (χ3n) is 3.16. The highest BCUT2D eigenvalue weighted by molar-refractivity contribution is 6.55. The van der Waals surface area contributed by atoms with E-state index in [1.165, 1.54) is 38.4 Å². The van der Waals surface area contributed by atoms with Gasteiger partial charge in [0.1, 0.15) is 5.57 Å². The number of hydrogen-bond donors (Lipinski definition) is 0. The summed E-state index contributed by atoms with van der Waals surface area (Å²) in [5.74, 6) is -1.65. The lowest BCUT2D eigenvalue weighted by molar-refractivity contribution is -0.384. The Morgan fingerprint density at radius 3 is 1.91 bits per heavy atom. The monoisotopic (exact) mass is 323 g/mol. The average Bonchev–Trinajstić information content (AvgIpc) is 2.51. The van der Waals surface area contributed by atoms with E-state index in [2.05, 4.69) is 0 Å². The summed E-state index contributed by atoms with van der Waals surface area (Å²) in [5, 5.41) is 10.4. The van der Waals surface area contributed by atoms with Gasteiger partial charge in [0.2, 0.25) is 0 Å². The lowest BCUT2D eigenvalue weighted by Crippen LogP contribution is -2.53. The summed E-state index contributed by atoms with van der Waals surface area (Å²) in [6, 6.07) is 4.30. The molecule has 1 aliphatic rings. The zero-order valence-corrected chi connectivity index (χ0v) is 12.3. The maximum Gasteiger partial charge on any atom is 0.333 e. The van der Waals surface area contributed by atoms with E-state index in [0.29, 0.717) is 0 Å². The third-order valence-corrected chi connectivity index (χ3v) is 3.57. The summed E-state index contributed by atoms with van der Waals surface area (Å²) < 4.78 is 0. The topological polar surface area (TPSA) is 101 Å². The minimum atomic E-state index is -0.823. The van der Waals surface area contributed by atoms with Crippen molar-refractivity contribution in [3.63, 3.8) is 0 Å². The molecule has 0 bridgehead atoms. The molecule has 0 saturated carbocycles. The van der Waals surface area contributed by atoms with Gasteiger partial charge in [-0.1, -0.05) is 11.6 Å². The minimum Gasteiger partial charge on any atom is -0.268 e. The number of nitro groups is 1. The first-order valence-corrected chi connectivity index (χ1v) is 6.38. The van der Waals surface area contributed by atoms with Gasteiger partial charge < -0.3 is 0 Å². The molecule has 0 aromatic heterocycles. The fraction of sp³-hybridized carbons (Fsp3) is 0.154. The van der Waals surface area contributed by atoms with Crippen molar-refractivity contribution < 1.29 is 19.3 Å². The molecular weight excluding hydrogens is 314 g/mol. The largest absolute Gasteiger partial charge is 0.333 e. The van der Waals surface area contributed by atoms with Gasteiger partial charge in [-0.15, -0.1) is 0 Å². The van der Waals surface area contributed by atoms with Gasteiger partial charge in [-0.05, 0) is 17.7 Å². The van der Waals surface area contributed by atoms with E-state index in [0.717, 1.165) is 9.80 Å². The number of carbonyl (C=O) groups excluding carboxylic acids is 3. The molecular formula is C13H10ClN3O5. The molecule has 0 N–H and O–H groups in total. The van der Waals surface area contributed by atoms with Crippen molar-refractivity contribution in [2.24, 2.45) is 0 Å². The van der Waals surface area contributed by atoms with Crippen LogP contribution >= 0.6 is 11.6 Å². The molecule has 4 amide bonds. The number of rotatable bonds is 2. The highest BCUT2D eigenvalue weighted by Gasteiger charge is 2.39. The van der Waals surface area contributed by atoms with Crippen LogP contribution in [0.1, 0.15) is 5.56 Å². The van der Waals surface area contributed by atoms with Crippen molar-refractivity contribution in [2.75, 3.05) is 14.1 Å². The molecule has 0 atom stereocenters. The molecule has 8 nitrogen and oxygen atoms in total. The Morgan fingerprint density at radius 2 is 1.50 bits per heavy atom. The molecule has 0 spiro atoms. The smallest absolute Gasteiger partial charge is 0.268 e. The first-order valence-electron chi connectivity index (χ1n) is 6.00. The van der Waals surface area contributed by atoms with E-state index in [4.69, 9.17) is 11.6 Å². The molecule has 1 aliphatic heterocycles. The van der Waals surface area contributed by atoms with E-state index in [1.54, 1.807) is 0 Å². The number of imide groups is 2. The number of nitrogens with zero attached hydrogens (tertiary/aromatic N) is 3. The van der Waals surface area contributed by atoms with Crippen LogP contribution in [0.5, 0.6) is 0 Å². The lowest BCUT2D eigenvalue weighted by Gasteiger charge is -2.29. The summed E-state index contributed by atoms with van der Waals surface area (Å²) in [5.41, 5.74) is -0.246. The number of halogens is 1. The Labute approximate surface area is 129 Å². The molecule has 114 valence electrons. The van der Waals surface area contributed by atoms with Crippen LogP contribution < -0.4 is 0 Å². The molecule has 1 aromatic rings. The summed E-state index contributed by atoms with van der Waals surface area (Å²) in [7, 11) is 2.46. The second kappa shape index (κ2) is 5.57. The summed E-state index contributed by atoms with van der Waals surface area (Å²) in [6.07, 6.45) is 0. The van der Waals surface area contributed by atoms with Crippen molar-refractivity contribution >= 4 is 40.2 Å². The predicted octanol–water partition coefficient (Wildman–Crippen LogP) is 1.60. The van der Waals surface area contributed by atoms with E-state index in [9.17, 15) is 24.5 Å². The van der Waals surface area contributed by atoms with Crippen LogP contribution in [0.4, 0.5) is 10.5 Å². The van der Waals surface area contributed by atoms with Crippen molar-refractivity contribution in [1.29, 1.82) is 0 Å². The van der Waals surface area contributed by atoms with Gasteiger partial charge in [0, 0.05) is 26.2 Å². The number of amides is 4. The standard InChI is InChI=1S/C13H10ClN3O5/c1-15-11(18)9(12(19)16(2)13(15)20)10(14)7-3-5-8(6-4-7)17(21)22/h3-6H,1-2H3. The van der Waals surface area contributed by atoms with Crippen LogP contribution in [0.15, 0.2) is 29.8 Å². The second-order valence-corrected chi connectivity index (χ2v) is 4.88. The lowest BCUT2D eigenvalue weighted by atomic mass is 10.1. The Bertz CT molecular complexity index is 700. The zero-order valence-electron chi connectivity index (χ0n) is 11.6. The molecule has 1 heterocycles. The molecule has 1 saturated heterocycles. The Balaban J connectivity index is 2.51. The summed E-state index contributed by atoms with van der Waals surface area (Å²) in [4.78, 5) is 47.4. The number of benzene rings is 1. The highest BCUT2D eigenvalue weighted by Crippen LogP contribution is 2.29. The number of hydrogen-bond acceptors (Lipinski definition) is 5. The fourth-order valence-electron chi connectivity index (χ4n) is 1.89. The molecule has 9 heteroatoms. The van der Waals surface area contributed by atoms with Gasteiger partial charge in [0.25, 0.3) is 17.5 Å². The average molecular weight is 324 g/mol. The second-order valence-electron chi connectivity index (χ2n) is 4.50. The Kier molecular flexibility index (Phi) is 3.96. The van der Waals surface area contributed by atoms with Crippen molar-refractivity contribution in [1.82, 2.24) is 9.80 Å². The van der Waals surface area contributed by atoms with Gasteiger partial charge >= 0.3 is 6.03 Å². The van der Waals surface area contributed by atoms with Gasteiger partial charge in [0.15, 0.2) is 0 Å². The van der Waals surface area contributed by atoms with Gasteiger partial charge in [-0.3, -0.25) is 29.5 Å². The van der Waals surface area contributed by atoms with Crippen LogP contribution in [-0.4, -0.2) is 46.7 Å². The number of urea groups is 1. The Morgan fingerprint density at radius 1 is 1.05 bits per heavy atom. The number of nitro benzene ring substituents is 1. The molecule has 2 rings (SSSR count). The zero-order chi connectivity index (χ0) is 16.6. The van der Waals surface area contributed by atoms with Crippen molar-refractivity contribution in [3.05, 3.63) is 45.5 Å². The molecule has 0 unspecified atom stereocenters. The van der Waals surface area contributed by atoms with Crippen molar-refractivity contribution in [3.8, 4) is 0 Å². The number of likely N-dealkylation sites (N-methyl/N-ethyl adjacent to an activating group) is 2. The van der Waals surface area contributed by atoms with Crippen LogP contribution in [-0.2, 0) is 9.59 Å². The van der Waals surface area contributed by atoms with Crippen molar-refractivity contribution in [2.45, 2.75) is 0 Å². The number of non-ortho nitro benzene ring substituents is 1. The Hall–Kier alpha value is -2.74. The third kappa shape index (κ3) is 2.44. The maximum absolute atomic E-state index is 12.1. The normalized spacial score (nSPS) is 15.4. The van der Waals surface area contributed by atoms with E-state index in [1.807, 2.05) is 0 Å². The molecule has 0 radical (unpaired) electrons.